The predicted molar refractivity (Wildman–Crippen MR) is 85.1 cm³/mol. The number of hydrogen-bond acceptors (Lipinski definition) is 2. The zero-order valence-corrected chi connectivity index (χ0v) is 12.8. The number of urea groups is 1. The molecule has 110 valence electrons. The van der Waals surface area contributed by atoms with Crippen LogP contribution >= 0.6 is 23.2 Å². The van der Waals surface area contributed by atoms with Crippen molar-refractivity contribution in [2.75, 3.05) is 5.32 Å². The summed E-state index contributed by atoms with van der Waals surface area (Å²) in [6, 6.07) is 13.4. The van der Waals surface area contributed by atoms with E-state index in [1.165, 1.54) is 0 Å². The summed E-state index contributed by atoms with van der Waals surface area (Å²) in [5.41, 5.74) is 0.610. The molecule has 4 nitrogen and oxygen atoms in total. The lowest BCUT2D eigenvalue weighted by molar-refractivity contribution is 0.183. The summed E-state index contributed by atoms with van der Waals surface area (Å²) in [6.07, 6.45) is -0.495. The molecule has 0 aliphatic heterocycles. The highest BCUT2D eigenvalue weighted by Crippen LogP contribution is 2.17. The molecule has 21 heavy (non-hydrogen) atoms. The quantitative estimate of drug-likeness (QED) is 0.811. The number of anilines is 1. The van der Waals surface area contributed by atoms with Crippen molar-refractivity contribution in [3.05, 3.63) is 58.6 Å². The molecular weight excluding hydrogens is 311 g/mol. The zero-order valence-electron chi connectivity index (χ0n) is 11.3. The number of carbonyl (C=O) groups is 1. The fourth-order valence-electron chi connectivity index (χ4n) is 1.66. The van der Waals surface area contributed by atoms with Crippen molar-refractivity contribution in [1.82, 2.24) is 5.32 Å². The van der Waals surface area contributed by atoms with Crippen LogP contribution in [0.2, 0.25) is 10.0 Å². The molecule has 2 amide bonds. The first kappa shape index (κ1) is 15.5. The minimum Gasteiger partial charge on any atom is -0.471 e. The third-order valence-electron chi connectivity index (χ3n) is 2.54. The van der Waals surface area contributed by atoms with Crippen LogP contribution in [0.1, 0.15) is 6.92 Å². The Morgan fingerprint density at radius 2 is 1.81 bits per heavy atom. The van der Waals surface area contributed by atoms with E-state index in [0.29, 0.717) is 21.5 Å². The molecule has 0 aliphatic carbocycles. The number of ether oxygens (including phenoxy) is 1. The molecule has 1 unspecified atom stereocenters. The Labute approximate surface area is 133 Å². The van der Waals surface area contributed by atoms with Crippen LogP contribution in [0, 0.1) is 0 Å². The molecule has 1 atom stereocenters. The minimum absolute atomic E-state index is 0.376. The first-order valence-corrected chi connectivity index (χ1v) is 7.04. The van der Waals surface area contributed by atoms with E-state index in [1.54, 1.807) is 55.5 Å². The third kappa shape index (κ3) is 5.17. The molecule has 2 rings (SSSR count). The summed E-state index contributed by atoms with van der Waals surface area (Å²) in [6.45, 7) is 1.73. The first-order valence-electron chi connectivity index (χ1n) is 6.28. The molecule has 2 N–H and O–H groups in total. The molecule has 2 aromatic rings. The number of benzene rings is 2. The van der Waals surface area contributed by atoms with Gasteiger partial charge in [-0.1, -0.05) is 29.3 Å². The van der Waals surface area contributed by atoms with E-state index in [4.69, 9.17) is 27.9 Å². The van der Waals surface area contributed by atoms with Gasteiger partial charge in [0.15, 0.2) is 6.23 Å². The molecule has 0 aromatic heterocycles. The second-order valence-electron chi connectivity index (χ2n) is 4.32. The van der Waals surface area contributed by atoms with E-state index in [2.05, 4.69) is 10.6 Å². The van der Waals surface area contributed by atoms with Gasteiger partial charge >= 0.3 is 6.03 Å². The molecule has 0 spiro atoms. The molecule has 0 fully saturated rings. The highest BCUT2D eigenvalue weighted by Gasteiger charge is 2.08. The number of halogens is 2. The average Bonchev–Trinajstić information content (AvgIpc) is 2.41. The zero-order chi connectivity index (χ0) is 15.2. The maximum absolute atomic E-state index is 11.8. The molecule has 0 aliphatic rings. The number of hydrogen-bond donors (Lipinski definition) is 2. The SMILES string of the molecule is CC(NC(=O)Nc1cccc(Cl)c1)Oc1ccc(Cl)cc1. The smallest absolute Gasteiger partial charge is 0.322 e. The van der Waals surface area contributed by atoms with Gasteiger partial charge in [0.05, 0.1) is 0 Å². The van der Waals surface area contributed by atoms with Crippen molar-refractivity contribution in [3.8, 4) is 5.75 Å². The van der Waals surface area contributed by atoms with E-state index in [-0.39, 0.29) is 6.03 Å². The molecular formula is C15H14Cl2N2O2. The highest BCUT2D eigenvalue weighted by atomic mass is 35.5. The van der Waals surface area contributed by atoms with Crippen LogP contribution in [-0.2, 0) is 0 Å². The van der Waals surface area contributed by atoms with Crippen molar-refractivity contribution in [2.45, 2.75) is 13.2 Å². The molecule has 0 bridgehead atoms. The Morgan fingerprint density at radius 3 is 2.48 bits per heavy atom. The van der Waals surface area contributed by atoms with Crippen molar-refractivity contribution in [2.24, 2.45) is 0 Å². The predicted octanol–water partition coefficient (Wildman–Crippen LogP) is 4.54. The largest absolute Gasteiger partial charge is 0.471 e. The summed E-state index contributed by atoms with van der Waals surface area (Å²) in [5, 5.41) is 6.52. The highest BCUT2D eigenvalue weighted by molar-refractivity contribution is 6.31. The normalized spacial score (nSPS) is 11.6. The van der Waals surface area contributed by atoms with Gasteiger partial charge in [-0.05, 0) is 49.4 Å². The summed E-state index contributed by atoms with van der Waals surface area (Å²) >= 11 is 11.6. The topological polar surface area (TPSA) is 50.4 Å². The van der Waals surface area contributed by atoms with Gasteiger partial charge in [-0.3, -0.25) is 0 Å². The Balaban J connectivity index is 1.86. The van der Waals surface area contributed by atoms with Crippen LogP contribution < -0.4 is 15.4 Å². The van der Waals surface area contributed by atoms with Crippen LogP contribution in [-0.4, -0.2) is 12.3 Å². The van der Waals surface area contributed by atoms with Crippen LogP contribution in [0.3, 0.4) is 0 Å². The van der Waals surface area contributed by atoms with Gasteiger partial charge in [0.1, 0.15) is 5.75 Å². The standard InChI is InChI=1S/C15H14Cl2N2O2/c1-10(21-14-7-5-11(16)6-8-14)18-15(20)19-13-4-2-3-12(17)9-13/h2-10H,1H3,(H2,18,19,20). The van der Waals surface area contributed by atoms with Crippen molar-refractivity contribution in [1.29, 1.82) is 0 Å². The summed E-state index contributed by atoms with van der Waals surface area (Å²) in [7, 11) is 0. The second kappa shape index (κ2) is 7.20. The Hall–Kier alpha value is -1.91. The Morgan fingerprint density at radius 1 is 1.10 bits per heavy atom. The number of amides is 2. The molecule has 0 saturated heterocycles. The maximum Gasteiger partial charge on any atom is 0.322 e. The van der Waals surface area contributed by atoms with Gasteiger partial charge in [-0.25, -0.2) is 4.79 Å². The van der Waals surface area contributed by atoms with Crippen LogP contribution in [0.5, 0.6) is 5.75 Å². The van der Waals surface area contributed by atoms with Crippen molar-refractivity contribution < 1.29 is 9.53 Å². The molecule has 6 heteroatoms. The Bertz CT molecular complexity index is 617. The van der Waals surface area contributed by atoms with Crippen molar-refractivity contribution in [3.63, 3.8) is 0 Å². The lowest BCUT2D eigenvalue weighted by atomic mass is 10.3. The van der Waals surface area contributed by atoms with Gasteiger partial charge < -0.3 is 15.4 Å². The van der Waals surface area contributed by atoms with E-state index in [0.717, 1.165) is 0 Å². The second-order valence-corrected chi connectivity index (χ2v) is 5.20. The minimum atomic E-state index is -0.495. The maximum atomic E-state index is 11.8. The molecule has 0 saturated carbocycles. The Kier molecular flexibility index (Phi) is 5.31. The van der Waals surface area contributed by atoms with Gasteiger partial charge in [0.25, 0.3) is 0 Å². The van der Waals surface area contributed by atoms with Crippen molar-refractivity contribution >= 4 is 34.9 Å². The molecule has 2 aromatic carbocycles. The van der Waals surface area contributed by atoms with E-state index >= 15 is 0 Å². The summed E-state index contributed by atoms with van der Waals surface area (Å²) in [4.78, 5) is 11.8. The number of nitrogens with one attached hydrogen (secondary N) is 2. The average molecular weight is 325 g/mol. The van der Waals surface area contributed by atoms with Gasteiger partial charge in [-0.15, -0.1) is 0 Å². The lowest BCUT2D eigenvalue weighted by Crippen LogP contribution is -2.39. The van der Waals surface area contributed by atoms with Crippen LogP contribution in [0.15, 0.2) is 48.5 Å². The van der Waals surface area contributed by atoms with Crippen LogP contribution in [0.25, 0.3) is 0 Å². The third-order valence-corrected chi connectivity index (χ3v) is 3.03. The van der Waals surface area contributed by atoms with Crippen LogP contribution in [0.4, 0.5) is 10.5 Å². The van der Waals surface area contributed by atoms with Gasteiger partial charge in [-0.2, -0.15) is 0 Å². The number of rotatable bonds is 4. The fourth-order valence-corrected chi connectivity index (χ4v) is 1.98. The lowest BCUT2D eigenvalue weighted by Gasteiger charge is -2.16. The molecule has 0 heterocycles. The van der Waals surface area contributed by atoms with E-state index in [1.807, 2.05) is 0 Å². The summed E-state index contributed by atoms with van der Waals surface area (Å²) in [5.74, 6) is 0.620. The van der Waals surface area contributed by atoms with E-state index in [9.17, 15) is 4.79 Å². The van der Waals surface area contributed by atoms with Gasteiger partial charge in [0.2, 0.25) is 0 Å². The van der Waals surface area contributed by atoms with E-state index < -0.39 is 6.23 Å². The summed E-state index contributed by atoms with van der Waals surface area (Å²) < 4.78 is 5.54. The monoisotopic (exact) mass is 324 g/mol. The van der Waals surface area contributed by atoms with Gasteiger partial charge in [0, 0.05) is 15.7 Å². The fraction of sp³-hybridized carbons (Fsp3) is 0.133. The number of carbonyl (C=O) groups excluding carboxylic acids is 1. The first-order chi connectivity index (χ1) is 10.0. The molecule has 0 radical (unpaired) electrons.